The number of hydrogen-bond acceptors (Lipinski definition) is 3. The Hall–Kier alpha value is -3.73. The van der Waals surface area contributed by atoms with Crippen LogP contribution in [0, 0.1) is 0 Å². The highest BCUT2D eigenvalue weighted by atomic mass is 16.5. The van der Waals surface area contributed by atoms with Gasteiger partial charge in [0.05, 0.1) is 31.2 Å². The average molecular weight is 400 g/mol. The van der Waals surface area contributed by atoms with Crippen molar-refractivity contribution in [3.8, 4) is 23.0 Å². The van der Waals surface area contributed by atoms with Gasteiger partial charge in [-0.1, -0.05) is 48.5 Å². The topological polar surface area (TPSA) is 45.4 Å². The number of aromatic nitrogens is 2. The summed E-state index contributed by atoms with van der Waals surface area (Å²) in [6.45, 7) is 0.511. The van der Waals surface area contributed by atoms with Crippen molar-refractivity contribution in [1.29, 1.82) is 0 Å². The number of methoxy groups -OCH3 is 1. The van der Waals surface area contributed by atoms with E-state index in [4.69, 9.17) is 9.47 Å². The molecule has 0 N–H and O–H groups in total. The third kappa shape index (κ3) is 4.30. The zero-order chi connectivity index (χ0) is 20.8. The van der Waals surface area contributed by atoms with E-state index in [0.717, 1.165) is 30.0 Å². The van der Waals surface area contributed by atoms with Crippen LogP contribution in [0.25, 0.3) is 11.4 Å². The van der Waals surface area contributed by atoms with Crippen molar-refractivity contribution in [3.05, 3.63) is 107 Å². The molecule has 1 heterocycles. The van der Waals surface area contributed by atoms with Crippen LogP contribution in [-0.4, -0.2) is 23.1 Å². The Kier molecular flexibility index (Phi) is 5.99. The van der Waals surface area contributed by atoms with Crippen molar-refractivity contribution in [1.82, 2.24) is 9.36 Å². The third-order valence-corrected chi connectivity index (χ3v) is 4.88. The zero-order valence-corrected chi connectivity index (χ0v) is 16.9. The normalized spacial score (nSPS) is 10.7. The van der Waals surface area contributed by atoms with Gasteiger partial charge in [0, 0.05) is 0 Å². The first-order valence-electron chi connectivity index (χ1n) is 9.98. The van der Waals surface area contributed by atoms with Crippen molar-refractivity contribution in [3.63, 3.8) is 0 Å². The van der Waals surface area contributed by atoms with Gasteiger partial charge in [0.15, 0.2) is 0 Å². The zero-order valence-electron chi connectivity index (χ0n) is 16.9. The van der Waals surface area contributed by atoms with E-state index in [1.54, 1.807) is 17.9 Å². The van der Waals surface area contributed by atoms with Crippen LogP contribution >= 0.6 is 0 Å². The van der Waals surface area contributed by atoms with Crippen LogP contribution in [0.2, 0.25) is 0 Å². The fourth-order valence-electron chi connectivity index (χ4n) is 3.40. The molecule has 0 aliphatic carbocycles. The Morgan fingerprint density at radius 2 is 1.37 bits per heavy atom. The lowest BCUT2D eigenvalue weighted by Crippen LogP contribution is -2.20. The van der Waals surface area contributed by atoms with Crippen molar-refractivity contribution < 1.29 is 9.47 Å². The summed E-state index contributed by atoms with van der Waals surface area (Å²) in [5.41, 5.74) is 2.75. The van der Waals surface area contributed by atoms with E-state index in [9.17, 15) is 4.79 Å². The van der Waals surface area contributed by atoms with Gasteiger partial charge in [-0.3, -0.25) is 4.79 Å². The van der Waals surface area contributed by atoms with Crippen LogP contribution in [0.1, 0.15) is 12.0 Å². The Bertz CT molecular complexity index is 1130. The van der Waals surface area contributed by atoms with E-state index in [2.05, 4.69) is 12.1 Å². The van der Waals surface area contributed by atoms with Gasteiger partial charge in [-0.25, -0.2) is 9.36 Å². The van der Waals surface area contributed by atoms with E-state index >= 15 is 0 Å². The number of ether oxygens (including phenoxy) is 2. The van der Waals surface area contributed by atoms with Gasteiger partial charge in [-0.05, 0) is 54.8 Å². The molecular formula is C25H24N2O3. The molecule has 0 aliphatic rings. The highest BCUT2D eigenvalue weighted by Gasteiger charge is 2.15. The summed E-state index contributed by atoms with van der Waals surface area (Å²) >= 11 is 0. The van der Waals surface area contributed by atoms with Crippen molar-refractivity contribution in [2.24, 2.45) is 0 Å². The lowest BCUT2D eigenvalue weighted by atomic mass is 10.1. The minimum atomic E-state index is -0.129. The van der Waals surface area contributed by atoms with Gasteiger partial charge in [-0.2, -0.15) is 0 Å². The molecule has 152 valence electrons. The first-order chi connectivity index (χ1) is 14.8. The SMILES string of the molecule is COc1ccc(CCCOc2cc(=O)n(-c3ccccc3)n2-c2ccccc2)cc1. The number of rotatable bonds is 8. The molecule has 1 aromatic heterocycles. The molecule has 5 heteroatoms. The molecule has 0 aliphatic heterocycles. The number of nitrogens with zero attached hydrogens (tertiary/aromatic N) is 2. The maximum Gasteiger partial charge on any atom is 0.275 e. The van der Waals surface area contributed by atoms with Crippen LogP contribution in [0.4, 0.5) is 0 Å². The predicted molar refractivity (Wildman–Crippen MR) is 118 cm³/mol. The van der Waals surface area contributed by atoms with Crippen molar-refractivity contribution >= 4 is 0 Å². The lowest BCUT2D eigenvalue weighted by Gasteiger charge is -2.15. The lowest BCUT2D eigenvalue weighted by molar-refractivity contribution is 0.288. The second-order valence-corrected chi connectivity index (χ2v) is 6.92. The van der Waals surface area contributed by atoms with E-state index in [-0.39, 0.29) is 5.56 Å². The number of aryl methyl sites for hydroxylation is 1. The van der Waals surface area contributed by atoms with Crippen LogP contribution in [0.15, 0.2) is 95.8 Å². The number of para-hydroxylation sites is 2. The van der Waals surface area contributed by atoms with Gasteiger partial charge in [0.2, 0.25) is 5.88 Å². The van der Waals surface area contributed by atoms with Crippen LogP contribution in [-0.2, 0) is 6.42 Å². The molecular weight excluding hydrogens is 376 g/mol. The minimum Gasteiger partial charge on any atom is -0.497 e. The standard InChI is InChI=1S/C25H24N2O3/c1-29-23-16-14-20(15-17-23)9-8-18-30-25-19-24(28)26(21-10-4-2-5-11-21)27(25)22-12-6-3-7-13-22/h2-7,10-17,19H,8-9,18H2,1H3. The van der Waals surface area contributed by atoms with Gasteiger partial charge in [0.25, 0.3) is 5.56 Å². The highest BCUT2D eigenvalue weighted by molar-refractivity contribution is 5.40. The molecule has 4 aromatic rings. The number of benzene rings is 3. The molecule has 5 nitrogen and oxygen atoms in total. The molecule has 0 saturated carbocycles. The van der Waals surface area contributed by atoms with Crippen molar-refractivity contribution in [2.45, 2.75) is 12.8 Å². The third-order valence-electron chi connectivity index (χ3n) is 4.88. The summed E-state index contributed by atoms with van der Waals surface area (Å²) < 4.78 is 14.7. The van der Waals surface area contributed by atoms with Gasteiger partial charge < -0.3 is 9.47 Å². The van der Waals surface area contributed by atoms with E-state index < -0.39 is 0 Å². The average Bonchev–Trinajstić information content (AvgIpc) is 3.14. The Balaban J connectivity index is 1.55. The second kappa shape index (κ2) is 9.18. The maximum absolute atomic E-state index is 12.8. The summed E-state index contributed by atoms with van der Waals surface area (Å²) in [5.74, 6) is 1.38. The van der Waals surface area contributed by atoms with Crippen LogP contribution in [0.3, 0.4) is 0 Å². The smallest absolute Gasteiger partial charge is 0.275 e. The van der Waals surface area contributed by atoms with E-state index in [1.807, 2.05) is 77.5 Å². The van der Waals surface area contributed by atoms with Crippen LogP contribution < -0.4 is 15.0 Å². The number of hydrogen-bond donors (Lipinski definition) is 0. The summed E-state index contributed by atoms with van der Waals surface area (Å²) in [5, 5.41) is 0. The summed E-state index contributed by atoms with van der Waals surface area (Å²) in [7, 11) is 1.66. The summed E-state index contributed by atoms with van der Waals surface area (Å²) in [6.07, 6.45) is 1.73. The van der Waals surface area contributed by atoms with Gasteiger partial charge in [0.1, 0.15) is 5.75 Å². The fraction of sp³-hybridized carbons (Fsp3) is 0.160. The highest BCUT2D eigenvalue weighted by Crippen LogP contribution is 2.20. The summed E-state index contributed by atoms with van der Waals surface area (Å²) in [6, 6.07) is 28.9. The minimum absolute atomic E-state index is 0.129. The van der Waals surface area contributed by atoms with Gasteiger partial charge in [-0.15, -0.1) is 0 Å². The Morgan fingerprint density at radius 3 is 1.97 bits per heavy atom. The van der Waals surface area contributed by atoms with E-state index in [0.29, 0.717) is 12.5 Å². The fourth-order valence-corrected chi connectivity index (χ4v) is 3.40. The molecule has 3 aromatic carbocycles. The Labute approximate surface area is 175 Å². The predicted octanol–water partition coefficient (Wildman–Crippen LogP) is 4.65. The molecule has 0 unspecified atom stereocenters. The molecule has 0 radical (unpaired) electrons. The first-order valence-corrected chi connectivity index (χ1v) is 9.98. The van der Waals surface area contributed by atoms with Crippen LogP contribution in [0.5, 0.6) is 11.6 Å². The second-order valence-electron chi connectivity index (χ2n) is 6.92. The molecule has 0 amide bonds. The quantitative estimate of drug-likeness (QED) is 0.405. The molecule has 0 saturated heterocycles. The Morgan fingerprint density at radius 1 is 0.767 bits per heavy atom. The van der Waals surface area contributed by atoms with Crippen molar-refractivity contribution in [2.75, 3.05) is 13.7 Å². The molecule has 0 atom stereocenters. The first kappa shape index (κ1) is 19.6. The molecule has 0 bridgehead atoms. The summed E-state index contributed by atoms with van der Waals surface area (Å²) in [4.78, 5) is 12.8. The molecule has 0 spiro atoms. The monoisotopic (exact) mass is 400 g/mol. The van der Waals surface area contributed by atoms with Gasteiger partial charge >= 0.3 is 0 Å². The molecule has 4 rings (SSSR count). The molecule has 30 heavy (non-hydrogen) atoms. The largest absolute Gasteiger partial charge is 0.497 e. The van der Waals surface area contributed by atoms with E-state index in [1.165, 1.54) is 5.56 Å². The molecule has 0 fully saturated rings. The maximum atomic E-state index is 12.8.